The molecule has 15 heteroatoms. The summed E-state index contributed by atoms with van der Waals surface area (Å²) in [5.41, 5.74) is 0. The number of carbonyl (C=O) groups excluding carboxylic acids is 3. The lowest BCUT2D eigenvalue weighted by atomic mass is 10.3. The lowest BCUT2D eigenvalue weighted by Gasteiger charge is -2.14. The van der Waals surface area contributed by atoms with Crippen molar-refractivity contribution in [2.75, 3.05) is 0 Å². The van der Waals surface area contributed by atoms with Crippen LogP contribution in [0.4, 0.5) is 39.5 Å². The number of carbonyl (C=O) groups is 3. The summed E-state index contributed by atoms with van der Waals surface area (Å²) in [5.74, 6) is -12.9. The molecular weight excluding hydrogens is 411 g/mol. The third-order valence-corrected chi connectivity index (χ3v) is 2.23. The Labute approximate surface area is 141 Å². The van der Waals surface area contributed by atoms with Crippen molar-refractivity contribution in [2.24, 2.45) is 0 Å². The van der Waals surface area contributed by atoms with Crippen molar-refractivity contribution >= 4 is 17.9 Å². The lowest BCUT2D eigenvalue weighted by Crippen LogP contribution is -2.30. The van der Waals surface area contributed by atoms with Gasteiger partial charge in [0.15, 0.2) is 11.5 Å². The fourth-order valence-corrected chi connectivity index (χ4v) is 1.20. The number of rotatable bonds is 3. The number of alkyl halides is 9. The number of ether oxygens (including phenoxy) is 3. The molecule has 0 radical (unpaired) electrons. The molecule has 1 aromatic carbocycles. The van der Waals surface area contributed by atoms with E-state index in [4.69, 9.17) is 0 Å². The predicted molar refractivity (Wildman–Crippen MR) is 61.5 cm³/mol. The highest BCUT2D eigenvalue weighted by Gasteiger charge is 2.44. The van der Waals surface area contributed by atoms with Gasteiger partial charge in [-0.15, -0.1) is 0 Å². The minimum atomic E-state index is -5.66. The quantitative estimate of drug-likeness (QED) is 0.430. The van der Waals surface area contributed by atoms with Gasteiger partial charge in [0.05, 0.1) is 0 Å². The highest BCUT2D eigenvalue weighted by Crippen LogP contribution is 2.35. The largest absolute Gasteiger partial charge is 0.491 e. The van der Waals surface area contributed by atoms with E-state index < -0.39 is 53.7 Å². The highest BCUT2D eigenvalue weighted by molar-refractivity contribution is 5.82. The smallest absolute Gasteiger partial charge is 0.420 e. The molecule has 0 spiro atoms. The maximum absolute atomic E-state index is 12.2. The lowest BCUT2D eigenvalue weighted by molar-refractivity contribution is -0.192. The Hall–Kier alpha value is -3.00. The first-order chi connectivity index (χ1) is 12.0. The zero-order chi connectivity index (χ0) is 21.2. The van der Waals surface area contributed by atoms with Gasteiger partial charge in [0, 0.05) is 6.07 Å². The van der Waals surface area contributed by atoms with E-state index >= 15 is 0 Å². The Morgan fingerprint density at radius 3 is 1.37 bits per heavy atom. The molecule has 0 bridgehead atoms. The molecule has 0 N–H and O–H groups in total. The normalized spacial score (nSPS) is 12.3. The van der Waals surface area contributed by atoms with Gasteiger partial charge in [0.25, 0.3) is 0 Å². The van der Waals surface area contributed by atoms with Crippen LogP contribution in [0.15, 0.2) is 18.2 Å². The number of hydrogen-bond donors (Lipinski definition) is 0. The van der Waals surface area contributed by atoms with Crippen LogP contribution in [-0.4, -0.2) is 36.4 Å². The molecule has 1 aromatic rings. The van der Waals surface area contributed by atoms with Crippen LogP contribution in [0.1, 0.15) is 0 Å². The monoisotopic (exact) mass is 414 g/mol. The minimum Gasteiger partial charge on any atom is -0.420 e. The molecule has 150 valence electrons. The summed E-state index contributed by atoms with van der Waals surface area (Å²) >= 11 is 0. The second kappa shape index (κ2) is 7.32. The van der Waals surface area contributed by atoms with Crippen molar-refractivity contribution in [3.05, 3.63) is 18.2 Å². The van der Waals surface area contributed by atoms with E-state index in [2.05, 4.69) is 14.2 Å². The molecule has 1 rings (SSSR count). The fourth-order valence-electron chi connectivity index (χ4n) is 1.20. The zero-order valence-electron chi connectivity index (χ0n) is 12.1. The van der Waals surface area contributed by atoms with E-state index in [0.29, 0.717) is 6.07 Å². The zero-order valence-corrected chi connectivity index (χ0v) is 12.1. The maximum atomic E-state index is 12.2. The van der Waals surface area contributed by atoms with Gasteiger partial charge >= 0.3 is 36.4 Å². The Morgan fingerprint density at radius 2 is 0.963 bits per heavy atom. The van der Waals surface area contributed by atoms with Crippen molar-refractivity contribution in [1.82, 2.24) is 0 Å². The molecule has 0 heterocycles. The molecule has 0 saturated heterocycles. The Balaban J connectivity index is 3.24. The molecule has 0 aliphatic rings. The first-order valence-corrected chi connectivity index (χ1v) is 6.03. The molecular formula is C12H3F9O6. The molecule has 6 nitrogen and oxygen atoms in total. The summed E-state index contributed by atoms with van der Waals surface area (Å²) in [6.45, 7) is 0. The van der Waals surface area contributed by atoms with Crippen LogP contribution in [0, 0.1) is 0 Å². The van der Waals surface area contributed by atoms with Crippen molar-refractivity contribution < 1.29 is 68.1 Å². The molecule has 0 unspecified atom stereocenters. The van der Waals surface area contributed by atoms with Gasteiger partial charge in [-0.3, -0.25) is 0 Å². The fraction of sp³-hybridized carbons (Fsp3) is 0.250. The van der Waals surface area contributed by atoms with Crippen LogP contribution < -0.4 is 14.2 Å². The minimum absolute atomic E-state index is 0.00622. The highest BCUT2D eigenvalue weighted by atomic mass is 19.4. The molecule has 0 amide bonds. The number of esters is 3. The van der Waals surface area contributed by atoms with Crippen molar-refractivity contribution in [3.63, 3.8) is 0 Å². The molecule has 0 fully saturated rings. The van der Waals surface area contributed by atoms with Gasteiger partial charge in [-0.25, -0.2) is 14.4 Å². The molecule has 0 atom stereocenters. The molecule has 0 aromatic heterocycles. The SMILES string of the molecule is O=C(Oc1ccc(OC(=O)C(F)(F)F)c(OC(=O)C(F)(F)F)c1)C(F)(F)F. The Bertz CT molecular complexity index is 747. The summed E-state index contributed by atoms with van der Waals surface area (Å²) in [7, 11) is 0. The van der Waals surface area contributed by atoms with Crippen molar-refractivity contribution in [1.29, 1.82) is 0 Å². The Kier molecular flexibility index (Phi) is 5.97. The maximum Gasteiger partial charge on any atom is 0.491 e. The first kappa shape index (κ1) is 22.0. The van der Waals surface area contributed by atoms with E-state index in [1.165, 1.54) is 0 Å². The van der Waals surface area contributed by atoms with E-state index in [0.717, 1.165) is 0 Å². The molecule has 0 saturated carbocycles. The predicted octanol–water partition coefficient (Wildman–Crippen LogP) is 3.09. The van der Waals surface area contributed by atoms with Crippen LogP contribution in [0.5, 0.6) is 17.2 Å². The van der Waals surface area contributed by atoms with Crippen LogP contribution >= 0.6 is 0 Å². The van der Waals surface area contributed by atoms with Crippen LogP contribution in [0.25, 0.3) is 0 Å². The van der Waals surface area contributed by atoms with Crippen LogP contribution in [0.3, 0.4) is 0 Å². The summed E-state index contributed by atoms with van der Waals surface area (Å²) in [6, 6.07) is 0.557. The van der Waals surface area contributed by atoms with Crippen LogP contribution in [-0.2, 0) is 14.4 Å². The molecule has 27 heavy (non-hydrogen) atoms. The molecule has 0 aliphatic heterocycles. The average molecular weight is 414 g/mol. The van der Waals surface area contributed by atoms with Crippen molar-refractivity contribution in [3.8, 4) is 17.2 Å². The number of hydrogen-bond acceptors (Lipinski definition) is 6. The van der Waals surface area contributed by atoms with Gasteiger partial charge in [-0.2, -0.15) is 39.5 Å². The van der Waals surface area contributed by atoms with E-state index in [9.17, 15) is 53.9 Å². The van der Waals surface area contributed by atoms with Gasteiger partial charge < -0.3 is 14.2 Å². The summed E-state index contributed by atoms with van der Waals surface area (Å²) in [4.78, 5) is 32.1. The first-order valence-electron chi connectivity index (χ1n) is 6.03. The Morgan fingerprint density at radius 1 is 0.593 bits per heavy atom. The number of benzene rings is 1. The van der Waals surface area contributed by atoms with E-state index in [1.54, 1.807) is 0 Å². The summed E-state index contributed by atoms with van der Waals surface area (Å²) in [6.07, 6.45) is -16.8. The summed E-state index contributed by atoms with van der Waals surface area (Å²) < 4.78 is 120. The van der Waals surface area contributed by atoms with Gasteiger partial charge in [0.1, 0.15) is 5.75 Å². The second-order valence-corrected chi connectivity index (χ2v) is 4.27. The molecule has 0 aliphatic carbocycles. The number of halogens is 9. The van der Waals surface area contributed by atoms with E-state index in [-0.39, 0.29) is 12.1 Å². The third-order valence-electron chi connectivity index (χ3n) is 2.23. The topological polar surface area (TPSA) is 78.9 Å². The van der Waals surface area contributed by atoms with Gasteiger partial charge in [-0.1, -0.05) is 0 Å². The van der Waals surface area contributed by atoms with Crippen molar-refractivity contribution in [2.45, 2.75) is 18.5 Å². The average Bonchev–Trinajstić information content (AvgIpc) is 2.46. The van der Waals surface area contributed by atoms with E-state index in [1.807, 2.05) is 0 Å². The second-order valence-electron chi connectivity index (χ2n) is 4.27. The van der Waals surface area contributed by atoms with Crippen LogP contribution in [0.2, 0.25) is 0 Å². The third kappa shape index (κ3) is 6.34. The standard InChI is InChI=1S/C12H3F9O6/c13-10(14,15)7(22)25-4-1-2-5(26-8(23)11(16,17)18)6(3-4)27-9(24)12(19,20)21/h1-3H. The summed E-state index contributed by atoms with van der Waals surface area (Å²) in [5, 5.41) is 0. The van der Waals surface area contributed by atoms with Gasteiger partial charge in [0.2, 0.25) is 0 Å². The van der Waals surface area contributed by atoms with Gasteiger partial charge in [-0.05, 0) is 12.1 Å².